The molecule has 0 bridgehead atoms. The molecule has 0 fully saturated rings. The van der Waals surface area contributed by atoms with Crippen LogP contribution in [-0.2, 0) is 6.42 Å². The predicted molar refractivity (Wildman–Crippen MR) is 79.8 cm³/mol. The average Bonchev–Trinajstić information content (AvgIpc) is 2.49. The van der Waals surface area contributed by atoms with E-state index >= 15 is 0 Å². The van der Waals surface area contributed by atoms with Gasteiger partial charge in [0, 0.05) is 6.42 Å². The van der Waals surface area contributed by atoms with E-state index in [-0.39, 0.29) is 6.10 Å². The van der Waals surface area contributed by atoms with Crippen LogP contribution in [0.25, 0.3) is 0 Å². The zero-order valence-corrected chi connectivity index (χ0v) is 12.1. The Morgan fingerprint density at radius 1 is 0.750 bits per heavy atom. The fraction of sp³-hybridized carbons (Fsp3) is 0.294. The smallest absolute Gasteiger partial charge is 0.119 e. The van der Waals surface area contributed by atoms with Gasteiger partial charge in [0.2, 0.25) is 0 Å². The molecule has 3 nitrogen and oxygen atoms in total. The molecule has 2 rings (SSSR count). The summed E-state index contributed by atoms with van der Waals surface area (Å²) in [4.78, 5) is 0. The predicted octanol–water partition coefficient (Wildman–Crippen LogP) is 3.71. The quantitative estimate of drug-likeness (QED) is 0.802. The first-order valence-electron chi connectivity index (χ1n) is 6.65. The Labute approximate surface area is 120 Å². The molecule has 0 radical (unpaired) electrons. The van der Waals surface area contributed by atoms with E-state index in [1.165, 1.54) is 5.56 Å². The van der Waals surface area contributed by atoms with Gasteiger partial charge in [0.25, 0.3) is 0 Å². The van der Waals surface area contributed by atoms with Gasteiger partial charge in [0.15, 0.2) is 0 Å². The fourth-order valence-corrected chi connectivity index (χ4v) is 2.02. The van der Waals surface area contributed by atoms with Crippen LogP contribution in [0.3, 0.4) is 0 Å². The molecule has 0 amide bonds. The first-order valence-corrected chi connectivity index (χ1v) is 6.65. The SMILES string of the molecule is COc1ccc(CC(C)Oc2ccc(OC)cc2)cc1. The van der Waals surface area contributed by atoms with Gasteiger partial charge in [-0.1, -0.05) is 12.1 Å². The molecule has 20 heavy (non-hydrogen) atoms. The van der Waals surface area contributed by atoms with Gasteiger partial charge in [-0.25, -0.2) is 0 Å². The Bertz CT molecular complexity index is 467. The van der Waals surface area contributed by atoms with E-state index in [9.17, 15) is 0 Å². The zero-order chi connectivity index (χ0) is 14.4. The number of methoxy groups -OCH3 is 2. The normalized spacial score (nSPS) is 11.8. The summed E-state index contributed by atoms with van der Waals surface area (Å²) in [6, 6.07) is 15.7. The van der Waals surface area contributed by atoms with Crippen LogP contribution in [0.15, 0.2) is 48.5 Å². The van der Waals surface area contributed by atoms with Crippen LogP contribution in [0, 0.1) is 0 Å². The second kappa shape index (κ2) is 6.85. The Hall–Kier alpha value is -2.16. The van der Waals surface area contributed by atoms with E-state index < -0.39 is 0 Å². The van der Waals surface area contributed by atoms with Crippen LogP contribution >= 0.6 is 0 Å². The minimum absolute atomic E-state index is 0.108. The van der Waals surface area contributed by atoms with Gasteiger partial charge in [-0.2, -0.15) is 0 Å². The highest BCUT2D eigenvalue weighted by atomic mass is 16.5. The van der Waals surface area contributed by atoms with Crippen molar-refractivity contribution in [2.45, 2.75) is 19.4 Å². The second-order valence-corrected chi connectivity index (χ2v) is 4.66. The van der Waals surface area contributed by atoms with Crippen molar-refractivity contribution in [3.63, 3.8) is 0 Å². The van der Waals surface area contributed by atoms with Crippen molar-refractivity contribution < 1.29 is 14.2 Å². The topological polar surface area (TPSA) is 27.7 Å². The fourth-order valence-electron chi connectivity index (χ4n) is 2.02. The third-order valence-electron chi connectivity index (χ3n) is 3.08. The standard InChI is InChI=1S/C17H20O3/c1-13(12-14-4-6-15(18-2)7-5-14)20-17-10-8-16(19-3)9-11-17/h4-11,13H,12H2,1-3H3. The lowest BCUT2D eigenvalue weighted by Gasteiger charge is -2.15. The highest BCUT2D eigenvalue weighted by Gasteiger charge is 2.06. The van der Waals surface area contributed by atoms with Crippen molar-refractivity contribution in [2.75, 3.05) is 14.2 Å². The van der Waals surface area contributed by atoms with E-state index in [0.717, 1.165) is 23.7 Å². The van der Waals surface area contributed by atoms with Gasteiger partial charge in [-0.3, -0.25) is 0 Å². The lowest BCUT2D eigenvalue weighted by Crippen LogP contribution is -2.14. The summed E-state index contributed by atoms with van der Waals surface area (Å²) in [7, 11) is 3.33. The molecular weight excluding hydrogens is 252 g/mol. The molecule has 0 aliphatic heterocycles. The summed E-state index contributed by atoms with van der Waals surface area (Å²) < 4.78 is 16.2. The minimum Gasteiger partial charge on any atom is -0.497 e. The molecule has 1 unspecified atom stereocenters. The van der Waals surface area contributed by atoms with Gasteiger partial charge < -0.3 is 14.2 Å². The summed E-state index contributed by atoms with van der Waals surface area (Å²) in [5.41, 5.74) is 1.23. The lowest BCUT2D eigenvalue weighted by atomic mass is 10.1. The molecule has 0 saturated heterocycles. The third-order valence-corrected chi connectivity index (χ3v) is 3.08. The molecule has 0 saturated carbocycles. The molecule has 0 N–H and O–H groups in total. The average molecular weight is 272 g/mol. The largest absolute Gasteiger partial charge is 0.497 e. The first kappa shape index (κ1) is 14.3. The lowest BCUT2D eigenvalue weighted by molar-refractivity contribution is 0.222. The van der Waals surface area contributed by atoms with Crippen molar-refractivity contribution in [1.29, 1.82) is 0 Å². The van der Waals surface area contributed by atoms with Crippen LogP contribution in [-0.4, -0.2) is 20.3 Å². The van der Waals surface area contributed by atoms with Crippen LogP contribution in [0.5, 0.6) is 17.2 Å². The van der Waals surface area contributed by atoms with Crippen molar-refractivity contribution in [1.82, 2.24) is 0 Å². The summed E-state index contributed by atoms with van der Waals surface area (Å²) in [5.74, 6) is 2.56. The summed E-state index contributed by atoms with van der Waals surface area (Å²) in [5, 5.41) is 0. The van der Waals surface area contributed by atoms with Gasteiger partial charge in [0.05, 0.1) is 20.3 Å². The highest BCUT2D eigenvalue weighted by Crippen LogP contribution is 2.19. The van der Waals surface area contributed by atoms with E-state index in [2.05, 4.69) is 19.1 Å². The van der Waals surface area contributed by atoms with Crippen LogP contribution in [0.1, 0.15) is 12.5 Å². The molecule has 0 aromatic heterocycles. The Morgan fingerprint density at radius 3 is 1.70 bits per heavy atom. The third kappa shape index (κ3) is 3.92. The Kier molecular flexibility index (Phi) is 4.88. The van der Waals surface area contributed by atoms with Crippen molar-refractivity contribution >= 4 is 0 Å². The first-order chi connectivity index (χ1) is 9.71. The van der Waals surface area contributed by atoms with Gasteiger partial charge >= 0.3 is 0 Å². The molecule has 106 valence electrons. The highest BCUT2D eigenvalue weighted by molar-refractivity contribution is 5.31. The minimum atomic E-state index is 0.108. The Balaban J connectivity index is 1.91. The second-order valence-electron chi connectivity index (χ2n) is 4.66. The van der Waals surface area contributed by atoms with Gasteiger partial charge in [-0.05, 0) is 48.9 Å². The van der Waals surface area contributed by atoms with Gasteiger partial charge in [0.1, 0.15) is 17.2 Å². The van der Waals surface area contributed by atoms with Crippen molar-refractivity contribution in [3.05, 3.63) is 54.1 Å². The Morgan fingerprint density at radius 2 is 1.20 bits per heavy atom. The molecule has 0 heterocycles. The molecule has 2 aromatic rings. The maximum Gasteiger partial charge on any atom is 0.119 e. The van der Waals surface area contributed by atoms with Crippen LogP contribution < -0.4 is 14.2 Å². The van der Waals surface area contributed by atoms with E-state index in [0.29, 0.717) is 0 Å². The summed E-state index contributed by atoms with van der Waals surface area (Å²) in [6.07, 6.45) is 0.965. The van der Waals surface area contributed by atoms with Crippen LogP contribution in [0.4, 0.5) is 0 Å². The summed E-state index contributed by atoms with van der Waals surface area (Å²) in [6.45, 7) is 2.06. The number of rotatable bonds is 6. The molecular formula is C17H20O3. The van der Waals surface area contributed by atoms with E-state index in [4.69, 9.17) is 14.2 Å². The molecule has 3 heteroatoms. The van der Waals surface area contributed by atoms with E-state index in [1.807, 2.05) is 36.4 Å². The number of hydrogen-bond acceptors (Lipinski definition) is 3. The molecule has 0 spiro atoms. The number of benzene rings is 2. The zero-order valence-electron chi connectivity index (χ0n) is 12.1. The van der Waals surface area contributed by atoms with Crippen molar-refractivity contribution in [3.8, 4) is 17.2 Å². The number of hydrogen-bond donors (Lipinski definition) is 0. The maximum absolute atomic E-state index is 5.89. The maximum atomic E-state index is 5.89. The molecule has 0 aliphatic rings. The number of ether oxygens (including phenoxy) is 3. The van der Waals surface area contributed by atoms with Crippen molar-refractivity contribution in [2.24, 2.45) is 0 Å². The van der Waals surface area contributed by atoms with E-state index in [1.54, 1.807) is 14.2 Å². The summed E-state index contributed by atoms with van der Waals surface area (Å²) >= 11 is 0. The molecule has 0 aliphatic carbocycles. The van der Waals surface area contributed by atoms with Gasteiger partial charge in [-0.15, -0.1) is 0 Å². The molecule has 1 atom stereocenters. The van der Waals surface area contributed by atoms with Crippen LogP contribution in [0.2, 0.25) is 0 Å². The monoisotopic (exact) mass is 272 g/mol. The molecule has 2 aromatic carbocycles.